The van der Waals surface area contributed by atoms with Crippen LogP contribution in [0.4, 0.5) is 0 Å². The lowest BCUT2D eigenvalue weighted by Gasteiger charge is -2.30. The SMILES string of the molecule is Cc1ccc(C(=O)NCc2ccccc2)c(OCC(=O)N(C(C)C)C(C)C)c1. The first-order chi connectivity index (χ1) is 13.3. The van der Waals surface area contributed by atoms with Crippen molar-refractivity contribution in [2.24, 2.45) is 0 Å². The number of nitrogens with zero attached hydrogens (tertiary/aromatic N) is 1. The number of rotatable bonds is 8. The number of carbonyl (C=O) groups is 2. The molecule has 0 aromatic heterocycles. The zero-order valence-electron chi connectivity index (χ0n) is 17.4. The van der Waals surface area contributed by atoms with E-state index in [9.17, 15) is 9.59 Å². The molecule has 0 spiro atoms. The molecule has 0 aliphatic rings. The van der Waals surface area contributed by atoms with Gasteiger partial charge in [0.1, 0.15) is 5.75 Å². The van der Waals surface area contributed by atoms with Crippen molar-refractivity contribution >= 4 is 11.8 Å². The number of hydrogen-bond acceptors (Lipinski definition) is 3. The van der Waals surface area contributed by atoms with Crippen LogP contribution >= 0.6 is 0 Å². The molecule has 0 heterocycles. The Morgan fingerprint density at radius 3 is 2.25 bits per heavy atom. The van der Waals surface area contributed by atoms with E-state index >= 15 is 0 Å². The maximum Gasteiger partial charge on any atom is 0.260 e. The van der Waals surface area contributed by atoms with Crippen molar-refractivity contribution in [2.45, 2.75) is 53.2 Å². The van der Waals surface area contributed by atoms with E-state index in [4.69, 9.17) is 4.74 Å². The van der Waals surface area contributed by atoms with Gasteiger partial charge in [0.15, 0.2) is 6.61 Å². The summed E-state index contributed by atoms with van der Waals surface area (Å²) in [7, 11) is 0. The van der Waals surface area contributed by atoms with Crippen molar-refractivity contribution in [1.29, 1.82) is 0 Å². The van der Waals surface area contributed by atoms with Crippen LogP contribution in [0, 0.1) is 6.92 Å². The van der Waals surface area contributed by atoms with Crippen LogP contribution in [0.5, 0.6) is 5.75 Å². The van der Waals surface area contributed by atoms with E-state index in [-0.39, 0.29) is 30.5 Å². The first kappa shape index (κ1) is 21.5. The fourth-order valence-electron chi connectivity index (χ4n) is 3.20. The van der Waals surface area contributed by atoms with E-state index in [0.717, 1.165) is 11.1 Å². The molecule has 0 saturated carbocycles. The minimum absolute atomic E-state index is 0.0854. The van der Waals surface area contributed by atoms with Gasteiger partial charge in [-0.1, -0.05) is 36.4 Å². The zero-order chi connectivity index (χ0) is 20.7. The van der Waals surface area contributed by atoms with E-state index in [0.29, 0.717) is 17.9 Å². The Labute approximate surface area is 167 Å². The van der Waals surface area contributed by atoms with Crippen LogP contribution in [0.15, 0.2) is 48.5 Å². The summed E-state index contributed by atoms with van der Waals surface area (Å²) < 4.78 is 5.78. The van der Waals surface area contributed by atoms with Crippen LogP contribution in [-0.2, 0) is 11.3 Å². The average molecular weight is 383 g/mol. The van der Waals surface area contributed by atoms with Crippen molar-refractivity contribution in [3.8, 4) is 5.75 Å². The van der Waals surface area contributed by atoms with E-state index in [2.05, 4.69) is 5.32 Å². The van der Waals surface area contributed by atoms with Gasteiger partial charge in [0.05, 0.1) is 5.56 Å². The monoisotopic (exact) mass is 382 g/mol. The second-order valence-electron chi connectivity index (χ2n) is 7.45. The van der Waals surface area contributed by atoms with Gasteiger partial charge < -0.3 is 15.0 Å². The van der Waals surface area contributed by atoms with Gasteiger partial charge >= 0.3 is 0 Å². The summed E-state index contributed by atoms with van der Waals surface area (Å²) in [5.41, 5.74) is 2.41. The first-order valence-corrected chi connectivity index (χ1v) is 9.66. The molecule has 5 heteroatoms. The molecular formula is C23H30N2O3. The Morgan fingerprint density at radius 2 is 1.64 bits per heavy atom. The van der Waals surface area contributed by atoms with E-state index in [1.807, 2.05) is 71.0 Å². The van der Waals surface area contributed by atoms with Gasteiger partial charge in [0, 0.05) is 18.6 Å². The van der Waals surface area contributed by atoms with Gasteiger partial charge in [-0.3, -0.25) is 9.59 Å². The van der Waals surface area contributed by atoms with Gasteiger partial charge in [-0.25, -0.2) is 0 Å². The summed E-state index contributed by atoms with van der Waals surface area (Å²) in [5, 5.41) is 2.91. The summed E-state index contributed by atoms with van der Waals surface area (Å²) in [5.74, 6) is 0.101. The molecule has 1 N–H and O–H groups in total. The molecule has 5 nitrogen and oxygen atoms in total. The molecule has 0 aliphatic carbocycles. The normalized spacial score (nSPS) is 10.8. The Balaban J connectivity index is 2.09. The van der Waals surface area contributed by atoms with Crippen LogP contribution in [0.25, 0.3) is 0 Å². The lowest BCUT2D eigenvalue weighted by molar-refractivity contribution is -0.137. The van der Waals surface area contributed by atoms with Crippen molar-refractivity contribution in [3.05, 3.63) is 65.2 Å². The van der Waals surface area contributed by atoms with Crippen LogP contribution < -0.4 is 10.1 Å². The number of amides is 2. The average Bonchev–Trinajstić information content (AvgIpc) is 2.64. The predicted octanol–water partition coefficient (Wildman–Crippen LogP) is 3.95. The molecule has 2 aromatic rings. The number of aryl methyl sites for hydroxylation is 1. The van der Waals surface area contributed by atoms with Crippen molar-refractivity contribution in [1.82, 2.24) is 10.2 Å². The van der Waals surface area contributed by atoms with Crippen molar-refractivity contribution in [2.75, 3.05) is 6.61 Å². The summed E-state index contributed by atoms with van der Waals surface area (Å²) in [6.07, 6.45) is 0. The fraction of sp³-hybridized carbons (Fsp3) is 0.391. The molecule has 28 heavy (non-hydrogen) atoms. The molecule has 0 aliphatic heterocycles. The number of hydrogen-bond donors (Lipinski definition) is 1. The molecule has 0 bridgehead atoms. The molecule has 0 fully saturated rings. The largest absolute Gasteiger partial charge is 0.483 e. The highest BCUT2D eigenvalue weighted by molar-refractivity contribution is 5.97. The quantitative estimate of drug-likeness (QED) is 0.752. The molecule has 2 rings (SSSR count). The van der Waals surface area contributed by atoms with E-state index in [1.54, 1.807) is 17.0 Å². The predicted molar refractivity (Wildman–Crippen MR) is 111 cm³/mol. The summed E-state index contributed by atoms with van der Waals surface area (Å²) >= 11 is 0. The van der Waals surface area contributed by atoms with Gasteiger partial charge in [-0.2, -0.15) is 0 Å². The standard InChI is InChI=1S/C23H30N2O3/c1-16(2)25(17(3)4)22(26)15-28-21-13-18(5)11-12-20(21)23(27)24-14-19-9-7-6-8-10-19/h6-13,16-17H,14-15H2,1-5H3,(H,24,27). The molecule has 150 valence electrons. The maximum absolute atomic E-state index is 12.7. The van der Waals surface area contributed by atoms with Crippen LogP contribution in [-0.4, -0.2) is 35.4 Å². The maximum atomic E-state index is 12.7. The fourth-order valence-corrected chi connectivity index (χ4v) is 3.20. The number of benzene rings is 2. The Bertz CT molecular complexity index is 793. The third kappa shape index (κ3) is 5.84. The number of carbonyl (C=O) groups excluding carboxylic acids is 2. The highest BCUT2D eigenvalue weighted by Gasteiger charge is 2.21. The van der Waals surface area contributed by atoms with Crippen LogP contribution in [0.2, 0.25) is 0 Å². The van der Waals surface area contributed by atoms with Crippen LogP contribution in [0.3, 0.4) is 0 Å². The lowest BCUT2D eigenvalue weighted by Crippen LogP contribution is -2.44. The van der Waals surface area contributed by atoms with Crippen molar-refractivity contribution < 1.29 is 14.3 Å². The van der Waals surface area contributed by atoms with Crippen molar-refractivity contribution in [3.63, 3.8) is 0 Å². The Hall–Kier alpha value is -2.82. The Kier molecular flexibility index (Phi) is 7.61. The molecule has 0 unspecified atom stereocenters. The van der Waals surface area contributed by atoms with Gasteiger partial charge in [0.2, 0.25) is 0 Å². The third-order valence-corrected chi connectivity index (χ3v) is 4.43. The lowest BCUT2D eigenvalue weighted by atomic mass is 10.1. The molecule has 0 atom stereocenters. The topological polar surface area (TPSA) is 58.6 Å². The summed E-state index contributed by atoms with van der Waals surface area (Å²) in [6, 6.07) is 15.3. The molecule has 0 radical (unpaired) electrons. The smallest absolute Gasteiger partial charge is 0.260 e. The minimum Gasteiger partial charge on any atom is -0.483 e. The zero-order valence-corrected chi connectivity index (χ0v) is 17.4. The van der Waals surface area contributed by atoms with Gasteiger partial charge in [0.25, 0.3) is 11.8 Å². The van der Waals surface area contributed by atoms with E-state index < -0.39 is 0 Å². The number of ether oxygens (including phenoxy) is 1. The van der Waals surface area contributed by atoms with E-state index in [1.165, 1.54) is 0 Å². The Morgan fingerprint density at radius 1 is 1.00 bits per heavy atom. The second-order valence-corrected chi connectivity index (χ2v) is 7.45. The highest BCUT2D eigenvalue weighted by atomic mass is 16.5. The molecule has 0 saturated heterocycles. The highest BCUT2D eigenvalue weighted by Crippen LogP contribution is 2.21. The molecule has 2 amide bonds. The summed E-state index contributed by atoms with van der Waals surface area (Å²) in [6.45, 7) is 10.2. The van der Waals surface area contributed by atoms with Gasteiger partial charge in [-0.05, 0) is 57.9 Å². The minimum atomic E-state index is -0.226. The molecule has 2 aromatic carbocycles. The molecular weight excluding hydrogens is 352 g/mol. The van der Waals surface area contributed by atoms with Gasteiger partial charge in [-0.15, -0.1) is 0 Å². The summed E-state index contributed by atoms with van der Waals surface area (Å²) in [4.78, 5) is 27.0. The second kappa shape index (κ2) is 9.93. The first-order valence-electron chi connectivity index (χ1n) is 9.66. The third-order valence-electron chi connectivity index (χ3n) is 4.43. The number of nitrogens with one attached hydrogen (secondary N) is 1. The van der Waals surface area contributed by atoms with Crippen LogP contribution in [0.1, 0.15) is 49.2 Å².